The van der Waals surface area contributed by atoms with Crippen molar-refractivity contribution < 1.29 is 8.42 Å². The molecule has 2 aromatic carbocycles. The van der Waals surface area contributed by atoms with Crippen LogP contribution in [0.15, 0.2) is 59.5 Å². The minimum absolute atomic E-state index is 0.393. The van der Waals surface area contributed by atoms with Crippen molar-refractivity contribution in [1.29, 1.82) is 0 Å². The zero-order chi connectivity index (χ0) is 17.0. The third-order valence-corrected chi connectivity index (χ3v) is 5.96. The Morgan fingerprint density at radius 2 is 1.71 bits per heavy atom. The Bertz CT molecular complexity index is 754. The SMILES string of the molecule is CS(=O)(=O)c1ccc(N2CCCCC2CCc2ccccc2)cc1. The van der Waals surface area contributed by atoms with Crippen molar-refractivity contribution in [3.05, 3.63) is 60.2 Å². The summed E-state index contributed by atoms with van der Waals surface area (Å²) >= 11 is 0. The second kappa shape index (κ2) is 7.39. The maximum atomic E-state index is 11.6. The van der Waals surface area contributed by atoms with Crippen molar-refractivity contribution >= 4 is 15.5 Å². The van der Waals surface area contributed by atoms with Gasteiger partial charge < -0.3 is 4.90 Å². The molecule has 1 aliphatic rings. The number of hydrogen-bond acceptors (Lipinski definition) is 3. The van der Waals surface area contributed by atoms with E-state index in [9.17, 15) is 8.42 Å². The van der Waals surface area contributed by atoms with Crippen molar-refractivity contribution in [2.45, 2.75) is 43.0 Å². The Morgan fingerprint density at radius 3 is 2.38 bits per heavy atom. The molecule has 0 N–H and O–H groups in total. The highest BCUT2D eigenvalue weighted by Gasteiger charge is 2.22. The largest absolute Gasteiger partial charge is 0.369 e. The second-order valence-corrected chi connectivity index (χ2v) is 8.65. The maximum Gasteiger partial charge on any atom is 0.175 e. The lowest BCUT2D eigenvalue weighted by Crippen LogP contribution is -2.39. The lowest BCUT2D eigenvalue weighted by molar-refractivity contribution is 0.438. The Morgan fingerprint density at radius 1 is 1.00 bits per heavy atom. The van der Waals surface area contributed by atoms with E-state index in [0.717, 1.165) is 25.1 Å². The third-order valence-electron chi connectivity index (χ3n) is 4.83. The van der Waals surface area contributed by atoms with Crippen LogP contribution in [-0.4, -0.2) is 27.3 Å². The van der Waals surface area contributed by atoms with Crippen molar-refractivity contribution in [1.82, 2.24) is 0 Å². The van der Waals surface area contributed by atoms with E-state index in [4.69, 9.17) is 0 Å². The van der Waals surface area contributed by atoms with Gasteiger partial charge >= 0.3 is 0 Å². The molecule has 24 heavy (non-hydrogen) atoms. The first-order valence-corrected chi connectivity index (χ1v) is 10.5. The highest BCUT2D eigenvalue weighted by Crippen LogP contribution is 2.28. The smallest absolute Gasteiger partial charge is 0.175 e. The third kappa shape index (κ3) is 4.18. The molecule has 1 heterocycles. The van der Waals surface area contributed by atoms with Gasteiger partial charge in [-0.3, -0.25) is 0 Å². The molecule has 0 spiro atoms. The van der Waals surface area contributed by atoms with Crippen LogP contribution in [0.1, 0.15) is 31.2 Å². The molecule has 0 radical (unpaired) electrons. The van der Waals surface area contributed by atoms with Crippen LogP contribution in [0.3, 0.4) is 0 Å². The molecular formula is C20H25NO2S. The molecule has 4 heteroatoms. The first-order chi connectivity index (χ1) is 11.5. The minimum Gasteiger partial charge on any atom is -0.369 e. The molecule has 0 bridgehead atoms. The molecule has 0 saturated carbocycles. The summed E-state index contributed by atoms with van der Waals surface area (Å²) in [4.78, 5) is 2.85. The summed E-state index contributed by atoms with van der Waals surface area (Å²) in [5, 5.41) is 0. The number of piperidine rings is 1. The fourth-order valence-corrected chi connectivity index (χ4v) is 4.13. The minimum atomic E-state index is -3.13. The molecule has 1 unspecified atom stereocenters. The number of nitrogens with zero attached hydrogens (tertiary/aromatic N) is 1. The van der Waals surface area contributed by atoms with Crippen LogP contribution in [0.25, 0.3) is 0 Å². The van der Waals surface area contributed by atoms with Gasteiger partial charge in [-0.2, -0.15) is 0 Å². The average Bonchev–Trinajstić information content (AvgIpc) is 2.60. The topological polar surface area (TPSA) is 37.4 Å². The molecule has 1 aliphatic heterocycles. The number of aryl methyl sites for hydroxylation is 1. The van der Waals surface area contributed by atoms with Crippen LogP contribution >= 0.6 is 0 Å². The van der Waals surface area contributed by atoms with Crippen LogP contribution < -0.4 is 4.90 Å². The predicted molar refractivity (Wildman–Crippen MR) is 99.3 cm³/mol. The van der Waals surface area contributed by atoms with E-state index in [-0.39, 0.29) is 0 Å². The van der Waals surface area contributed by atoms with Crippen LogP contribution in [-0.2, 0) is 16.3 Å². The summed E-state index contributed by atoms with van der Waals surface area (Å²) in [6, 6.07) is 18.5. The molecule has 0 aromatic heterocycles. The summed E-state index contributed by atoms with van der Waals surface area (Å²) in [6.07, 6.45) is 7.17. The molecule has 1 saturated heterocycles. The maximum absolute atomic E-state index is 11.6. The van der Waals surface area contributed by atoms with Gasteiger partial charge in [0.2, 0.25) is 0 Å². The van der Waals surface area contributed by atoms with Crippen LogP contribution in [0.2, 0.25) is 0 Å². The lowest BCUT2D eigenvalue weighted by atomic mass is 9.95. The van der Waals surface area contributed by atoms with Gasteiger partial charge in [0.05, 0.1) is 4.90 Å². The van der Waals surface area contributed by atoms with E-state index in [0.29, 0.717) is 10.9 Å². The van der Waals surface area contributed by atoms with Gasteiger partial charge in [0.1, 0.15) is 0 Å². The van der Waals surface area contributed by atoms with E-state index >= 15 is 0 Å². The van der Waals surface area contributed by atoms with Gasteiger partial charge in [-0.05, 0) is 61.9 Å². The molecule has 1 atom stereocenters. The second-order valence-electron chi connectivity index (χ2n) is 6.63. The monoisotopic (exact) mass is 343 g/mol. The number of sulfone groups is 1. The van der Waals surface area contributed by atoms with Gasteiger partial charge in [-0.25, -0.2) is 8.42 Å². The number of hydrogen-bond donors (Lipinski definition) is 0. The molecule has 3 nitrogen and oxygen atoms in total. The molecule has 2 aromatic rings. The Labute approximate surface area is 145 Å². The highest BCUT2D eigenvalue weighted by molar-refractivity contribution is 7.90. The van der Waals surface area contributed by atoms with E-state index in [2.05, 4.69) is 35.2 Å². The van der Waals surface area contributed by atoms with Crippen molar-refractivity contribution in [3.8, 4) is 0 Å². The number of benzene rings is 2. The first kappa shape index (κ1) is 17.0. The van der Waals surface area contributed by atoms with Gasteiger partial charge in [0.25, 0.3) is 0 Å². The quantitative estimate of drug-likeness (QED) is 0.821. The molecule has 3 rings (SSSR count). The molecule has 0 amide bonds. The van der Waals surface area contributed by atoms with E-state index in [1.54, 1.807) is 12.1 Å². The number of rotatable bonds is 5. The summed E-state index contributed by atoms with van der Waals surface area (Å²) in [5.41, 5.74) is 2.52. The molecular weight excluding hydrogens is 318 g/mol. The first-order valence-electron chi connectivity index (χ1n) is 8.65. The van der Waals surface area contributed by atoms with Crippen molar-refractivity contribution in [3.63, 3.8) is 0 Å². The Balaban J connectivity index is 1.72. The van der Waals surface area contributed by atoms with Crippen LogP contribution in [0, 0.1) is 0 Å². The zero-order valence-corrected chi connectivity index (χ0v) is 15.0. The molecule has 0 aliphatic carbocycles. The highest BCUT2D eigenvalue weighted by atomic mass is 32.2. The molecule has 1 fully saturated rings. The Hall–Kier alpha value is -1.81. The van der Waals surface area contributed by atoms with Gasteiger partial charge in [-0.15, -0.1) is 0 Å². The van der Waals surface area contributed by atoms with E-state index < -0.39 is 9.84 Å². The summed E-state index contributed by atoms with van der Waals surface area (Å²) in [6.45, 7) is 1.05. The fraction of sp³-hybridized carbons (Fsp3) is 0.400. The fourth-order valence-electron chi connectivity index (χ4n) is 3.50. The van der Waals surface area contributed by atoms with E-state index in [1.807, 2.05) is 12.1 Å². The van der Waals surface area contributed by atoms with Gasteiger partial charge in [0.15, 0.2) is 9.84 Å². The lowest BCUT2D eigenvalue weighted by Gasteiger charge is -2.38. The molecule has 128 valence electrons. The van der Waals surface area contributed by atoms with Gasteiger partial charge in [-0.1, -0.05) is 30.3 Å². The Kier molecular flexibility index (Phi) is 5.24. The average molecular weight is 343 g/mol. The van der Waals surface area contributed by atoms with Crippen molar-refractivity contribution in [2.75, 3.05) is 17.7 Å². The summed E-state index contributed by atoms with van der Waals surface area (Å²) < 4.78 is 23.3. The summed E-state index contributed by atoms with van der Waals surface area (Å²) in [7, 11) is -3.13. The predicted octanol–water partition coefficient (Wildman–Crippen LogP) is 4.08. The standard InChI is InChI=1S/C20H25NO2S/c1-24(22,23)20-14-12-19(13-15-20)21-16-6-5-9-18(21)11-10-17-7-3-2-4-8-17/h2-4,7-8,12-15,18H,5-6,9-11,16H2,1H3. The zero-order valence-electron chi connectivity index (χ0n) is 14.2. The van der Waals surface area contributed by atoms with Crippen LogP contribution in [0.5, 0.6) is 0 Å². The van der Waals surface area contributed by atoms with Gasteiger partial charge in [0, 0.05) is 24.5 Å². The van der Waals surface area contributed by atoms with Crippen molar-refractivity contribution in [2.24, 2.45) is 0 Å². The summed E-state index contributed by atoms with van der Waals surface area (Å²) in [5.74, 6) is 0. The number of anilines is 1. The van der Waals surface area contributed by atoms with Crippen LogP contribution in [0.4, 0.5) is 5.69 Å². The normalized spacial score (nSPS) is 18.5. The van der Waals surface area contributed by atoms with E-state index in [1.165, 1.54) is 31.1 Å².